The van der Waals surface area contributed by atoms with Crippen LogP contribution in [0.25, 0.3) is 0 Å². The lowest BCUT2D eigenvalue weighted by Gasteiger charge is -2.36. The first-order chi connectivity index (χ1) is 15.3. The minimum Gasteiger partial charge on any atom is -0.444 e. The molecular formula is C21H24Cl2F3N5O2. The Balaban J connectivity index is 1.63. The summed E-state index contributed by atoms with van der Waals surface area (Å²) in [5, 5.41) is 3.14. The number of aromatic nitrogens is 2. The van der Waals surface area contributed by atoms with Crippen molar-refractivity contribution in [3.8, 4) is 0 Å². The van der Waals surface area contributed by atoms with Crippen LogP contribution in [-0.2, 0) is 17.5 Å². The SMILES string of the molecule is CC(C)(C)OC(=O)N1CCN(c2cc(Cl)nc(NCc3ccc(C(F)(F)F)cc3Cl)n2)CC1. The number of piperazine rings is 1. The summed E-state index contributed by atoms with van der Waals surface area (Å²) in [5.74, 6) is 0.780. The Hall–Kier alpha value is -2.46. The summed E-state index contributed by atoms with van der Waals surface area (Å²) in [6.07, 6.45) is -4.83. The quantitative estimate of drug-likeness (QED) is 0.555. The summed E-state index contributed by atoms with van der Waals surface area (Å²) in [6, 6.07) is 4.77. The van der Waals surface area contributed by atoms with Crippen molar-refractivity contribution in [3.63, 3.8) is 0 Å². The Morgan fingerprint density at radius 3 is 2.33 bits per heavy atom. The summed E-state index contributed by atoms with van der Waals surface area (Å²) in [4.78, 5) is 24.4. The van der Waals surface area contributed by atoms with Gasteiger partial charge in [0, 0.05) is 43.8 Å². The topological polar surface area (TPSA) is 70.6 Å². The lowest BCUT2D eigenvalue weighted by Crippen LogP contribution is -2.50. The van der Waals surface area contributed by atoms with Gasteiger partial charge in [0.2, 0.25) is 5.95 Å². The number of hydrogen-bond acceptors (Lipinski definition) is 6. The monoisotopic (exact) mass is 505 g/mol. The first-order valence-electron chi connectivity index (χ1n) is 10.2. The Kier molecular flexibility index (Phi) is 7.48. The van der Waals surface area contributed by atoms with Crippen molar-refractivity contribution in [3.05, 3.63) is 45.6 Å². The number of hydrogen-bond donors (Lipinski definition) is 1. The number of carbonyl (C=O) groups excluding carboxylic acids is 1. The van der Waals surface area contributed by atoms with Crippen molar-refractivity contribution < 1.29 is 22.7 Å². The number of alkyl halides is 3. The molecule has 180 valence electrons. The van der Waals surface area contributed by atoms with Crippen LogP contribution in [0.15, 0.2) is 24.3 Å². The number of carbonyl (C=O) groups is 1. The van der Waals surface area contributed by atoms with Crippen LogP contribution >= 0.6 is 23.2 Å². The average molecular weight is 506 g/mol. The minimum absolute atomic E-state index is 0.0159. The van der Waals surface area contributed by atoms with Gasteiger partial charge in [-0.25, -0.2) is 9.78 Å². The summed E-state index contributed by atoms with van der Waals surface area (Å²) in [7, 11) is 0. The number of halogens is 5. The highest BCUT2D eigenvalue weighted by Gasteiger charge is 2.31. The maximum absolute atomic E-state index is 12.8. The molecule has 0 bridgehead atoms. The molecule has 1 aliphatic rings. The fraction of sp³-hybridized carbons (Fsp3) is 0.476. The van der Waals surface area contributed by atoms with Gasteiger partial charge in [-0.3, -0.25) is 0 Å². The highest BCUT2D eigenvalue weighted by Crippen LogP contribution is 2.32. The van der Waals surface area contributed by atoms with Gasteiger partial charge in [-0.05, 0) is 38.5 Å². The molecule has 1 aliphatic heterocycles. The molecule has 33 heavy (non-hydrogen) atoms. The molecule has 1 aromatic carbocycles. The van der Waals surface area contributed by atoms with E-state index in [1.807, 2.05) is 25.7 Å². The highest BCUT2D eigenvalue weighted by molar-refractivity contribution is 6.31. The van der Waals surface area contributed by atoms with E-state index in [0.29, 0.717) is 37.6 Å². The van der Waals surface area contributed by atoms with Crippen molar-refractivity contribution in [2.75, 3.05) is 36.4 Å². The summed E-state index contributed by atoms with van der Waals surface area (Å²) in [6.45, 7) is 7.53. The van der Waals surface area contributed by atoms with Gasteiger partial charge in [0.25, 0.3) is 0 Å². The van der Waals surface area contributed by atoms with E-state index in [0.717, 1.165) is 12.1 Å². The fourth-order valence-electron chi connectivity index (χ4n) is 3.13. The molecule has 3 rings (SSSR count). The lowest BCUT2D eigenvalue weighted by atomic mass is 10.1. The number of amides is 1. The summed E-state index contributed by atoms with van der Waals surface area (Å²) in [5.41, 5.74) is -0.922. The molecular weight excluding hydrogens is 482 g/mol. The van der Waals surface area contributed by atoms with E-state index in [-0.39, 0.29) is 28.8 Å². The number of nitrogens with one attached hydrogen (secondary N) is 1. The van der Waals surface area contributed by atoms with Gasteiger partial charge in [-0.1, -0.05) is 29.3 Å². The smallest absolute Gasteiger partial charge is 0.416 e. The van der Waals surface area contributed by atoms with Gasteiger partial charge < -0.3 is 19.9 Å². The Morgan fingerprint density at radius 1 is 1.09 bits per heavy atom. The van der Waals surface area contributed by atoms with Crippen LogP contribution in [0.2, 0.25) is 10.2 Å². The third-order valence-electron chi connectivity index (χ3n) is 4.75. The zero-order valence-corrected chi connectivity index (χ0v) is 19.9. The van der Waals surface area contributed by atoms with Gasteiger partial charge >= 0.3 is 12.3 Å². The molecule has 2 heterocycles. The van der Waals surface area contributed by atoms with E-state index in [9.17, 15) is 18.0 Å². The minimum atomic E-state index is -4.46. The zero-order valence-electron chi connectivity index (χ0n) is 18.3. The normalized spacial score (nSPS) is 14.9. The molecule has 12 heteroatoms. The van der Waals surface area contributed by atoms with Crippen LogP contribution in [0, 0.1) is 0 Å². The maximum Gasteiger partial charge on any atom is 0.416 e. The van der Waals surface area contributed by atoms with Gasteiger partial charge in [-0.15, -0.1) is 0 Å². The van der Waals surface area contributed by atoms with Gasteiger partial charge in [0.05, 0.1) is 5.56 Å². The number of benzene rings is 1. The van der Waals surface area contributed by atoms with Gasteiger partial charge in [0.15, 0.2) is 0 Å². The summed E-state index contributed by atoms with van der Waals surface area (Å²) < 4.78 is 43.8. The molecule has 0 saturated carbocycles. The van der Waals surface area contributed by atoms with Crippen molar-refractivity contribution in [1.29, 1.82) is 0 Å². The standard InChI is InChI=1S/C21H24Cl2F3N5O2/c1-20(2,3)33-19(32)31-8-6-30(7-9-31)17-11-16(23)28-18(29-17)27-12-13-4-5-14(10-15(13)22)21(24,25)26/h4-5,10-11H,6-9,12H2,1-3H3,(H,27,28,29). The molecule has 0 unspecified atom stereocenters. The van der Waals surface area contributed by atoms with Crippen molar-refractivity contribution in [2.45, 2.75) is 39.1 Å². The van der Waals surface area contributed by atoms with Gasteiger partial charge in [-0.2, -0.15) is 18.2 Å². The maximum atomic E-state index is 12.8. The van der Waals surface area contributed by atoms with E-state index in [4.69, 9.17) is 27.9 Å². The van der Waals surface area contributed by atoms with Gasteiger partial charge in [0.1, 0.15) is 16.6 Å². The largest absolute Gasteiger partial charge is 0.444 e. The number of nitrogens with zero attached hydrogens (tertiary/aromatic N) is 4. The number of ether oxygens (including phenoxy) is 1. The summed E-state index contributed by atoms with van der Waals surface area (Å²) >= 11 is 12.2. The van der Waals surface area contributed by atoms with E-state index in [1.165, 1.54) is 6.07 Å². The first kappa shape index (κ1) is 25.2. The molecule has 7 nitrogen and oxygen atoms in total. The molecule has 0 aliphatic carbocycles. The van der Waals surface area contributed by atoms with Crippen molar-refractivity contribution in [2.24, 2.45) is 0 Å². The Bertz CT molecular complexity index is 1010. The second-order valence-electron chi connectivity index (χ2n) is 8.48. The molecule has 0 atom stereocenters. The fourth-order valence-corrected chi connectivity index (χ4v) is 3.56. The van der Waals surface area contributed by atoms with Crippen molar-refractivity contribution in [1.82, 2.24) is 14.9 Å². The van der Waals surface area contributed by atoms with E-state index < -0.39 is 17.3 Å². The Labute approximate surface area is 199 Å². The predicted molar refractivity (Wildman–Crippen MR) is 121 cm³/mol. The van der Waals surface area contributed by atoms with E-state index in [2.05, 4.69) is 15.3 Å². The highest BCUT2D eigenvalue weighted by atomic mass is 35.5. The molecule has 1 aromatic heterocycles. The van der Waals surface area contributed by atoms with Crippen LogP contribution in [0.5, 0.6) is 0 Å². The molecule has 1 amide bonds. The molecule has 1 N–H and O–H groups in total. The molecule has 0 spiro atoms. The van der Waals surface area contributed by atoms with Crippen LogP contribution < -0.4 is 10.2 Å². The average Bonchev–Trinajstić information content (AvgIpc) is 2.70. The molecule has 0 radical (unpaired) electrons. The van der Waals surface area contributed by atoms with E-state index in [1.54, 1.807) is 11.0 Å². The molecule has 1 saturated heterocycles. The van der Waals surface area contributed by atoms with Crippen LogP contribution in [-0.4, -0.2) is 52.7 Å². The zero-order chi connectivity index (χ0) is 24.4. The first-order valence-corrected chi connectivity index (χ1v) is 10.9. The van der Waals surface area contributed by atoms with E-state index >= 15 is 0 Å². The van der Waals surface area contributed by atoms with Crippen LogP contribution in [0.1, 0.15) is 31.9 Å². The second-order valence-corrected chi connectivity index (χ2v) is 9.28. The Morgan fingerprint density at radius 2 is 1.76 bits per heavy atom. The number of anilines is 2. The predicted octanol–water partition coefficient (Wildman–Crippen LogP) is 5.47. The second kappa shape index (κ2) is 9.80. The van der Waals surface area contributed by atoms with Crippen LogP contribution in [0.3, 0.4) is 0 Å². The van der Waals surface area contributed by atoms with Crippen LogP contribution in [0.4, 0.5) is 29.7 Å². The number of rotatable bonds is 4. The molecule has 1 fully saturated rings. The third-order valence-corrected chi connectivity index (χ3v) is 5.30. The molecule has 2 aromatic rings. The van der Waals surface area contributed by atoms with Crippen molar-refractivity contribution >= 4 is 41.1 Å². The third kappa shape index (κ3) is 7.01. The lowest BCUT2D eigenvalue weighted by molar-refractivity contribution is -0.137.